The van der Waals surface area contributed by atoms with Crippen molar-refractivity contribution in [3.8, 4) is 11.5 Å². The van der Waals surface area contributed by atoms with Gasteiger partial charge in [0.05, 0.1) is 18.8 Å². The number of esters is 1. The largest absolute Gasteiger partial charge is 0.490 e. The number of thioether (sulfide) groups is 1. The minimum absolute atomic E-state index is 0.313. The summed E-state index contributed by atoms with van der Waals surface area (Å²) < 4.78 is 16.3. The molecule has 1 heterocycles. The first kappa shape index (κ1) is 14.1. The lowest BCUT2D eigenvalue weighted by Crippen LogP contribution is -2.08. The van der Waals surface area contributed by atoms with Gasteiger partial charge in [0, 0.05) is 12.2 Å². The third-order valence-electron chi connectivity index (χ3n) is 2.65. The molecule has 1 aliphatic rings. The van der Waals surface area contributed by atoms with Crippen LogP contribution in [0.2, 0.25) is 0 Å². The topological polar surface area (TPSA) is 44.8 Å². The van der Waals surface area contributed by atoms with Gasteiger partial charge in [0.25, 0.3) is 0 Å². The lowest BCUT2D eigenvalue weighted by atomic mass is 10.2. The Morgan fingerprint density at radius 3 is 2.89 bits per heavy atom. The lowest BCUT2D eigenvalue weighted by molar-refractivity contribution is 0.0530. The molecule has 1 aliphatic heterocycles. The molecule has 104 valence electrons. The number of hydrogen-bond donors (Lipinski definition) is 0. The fourth-order valence-corrected chi connectivity index (χ4v) is 2.20. The average Bonchev–Trinajstić information content (AvgIpc) is 2.67. The first-order valence-corrected chi connectivity index (χ1v) is 7.61. The van der Waals surface area contributed by atoms with Gasteiger partial charge >= 0.3 is 5.97 Å². The van der Waals surface area contributed by atoms with Crippen LogP contribution in [0.4, 0.5) is 0 Å². The van der Waals surface area contributed by atoms with E-state index in [-0.39, 0.29) is 5.97 Å². The molecule has 0 fully saturated rings. The van der Waals surface area contributed by atoms with E-state index in [1.165, 1.54) is 0 Å². The van der Waals surface area contributed by atoms with Crippen LogP contribution in [0.3, 0.4) is 0 Å². The van der Waals surface area contributed by atoms with Crippen molar-refractivity contribution in [3.05, 3.63) is 23.8 Å². The Labute approximate surface area is 117 Å². The minimum Gasteiger partial charge on any atom is -0.490 e. The first-order chi connectivity index (χ1) is 9.31. The maximum absolute atomic E-state index is 11.9. The van der Waals surface area contributed by atoms with Crippen molar-refractivity contribution in [3.63, 3.8) is 0 Å². The molecule has 0 N–H and O–H groups in total. The van der Waals surface area contributed by atoms with Crippen LogP contribution in [-0.2, 0) is 4.74 Å². The fraction of sp³-hybridized carbons (Fsp3) is 0.500. The van der Waals surface area contributed by atoms with Crippen LogP contribution < -0.4 is 9.47 Å². The van der Waals surface area contributed by atoms with Gasteiger partial charge in [0.2, 0.25) is 0 Å². The second-order valence-electron chi connectivity index (χ2n) is 4.04. The van der Waals surface area contributed by atoms with Crippen molar-refractivity contribution < 1.29 is 19.0 Å². The quantitative estimate of drug-likeness (QED) is 0.614. The second-order valence-corrected chi connectivity index (χ2v) is 5.44. The van der Waals surface area contributed by atoms with Gasteiger partial charge in [-0.1, -0.05) is 6.92 Å². The summed E-state index contributed by atoms with van der Waals surface area (Å²) in [6, 6.07) is 5.16. The molecule has 19 heavy (non-hydrogen) atoms. The van der Waals surface area contributed by atoms with Gasteiger partial charge in [0.15, 0.2) is 11.5 Å². The highest BCUT2D eigenvalue weighted by atomic mass is 32.2. The highest BCUT2D eigenvalue weighted by Gasteiger charge is 2.14. The number of ether oxygens (including phenoxy) is 3. The third kappa shape index (κ3) is 4.06. The number of benzene rings is 1. The SMILES string of the molecule is CCSCCOC(=O)c1ccc2c(c1)OCCCO2. The Bertz CT molecular complexity index is 433. The molecule has 0 aromatic heterocycles. The molecule has 5 heteroatoms. The van der Waals surface area contributed by atoms with Crippen molar-refractivity contribution in [1.82, 2.24) is 0 Å². The molecule has 2 rings (SSSR count). The van der Waals surface area contributed by atoms with Crippen LogP contribution in [0.5, 0.6) is 11.5 Å². The van der Waals surface area contributed by atoms with E-state index < -0.39 is 0 Å². The van der Waals surface area contributed by atoms with Crippen molar-refractivity contribution >= 4 is 17.7 Å². The summed E-state index contributed by atoms with van der Waals surface area (Å²) in [5.41, 5.74) is 0.505. The lowest BCUT2D eigenvalue weighted by Gasteiger charge is -2.09. The number of carbonyl (C=O) groups is 1. The summed E-state index contributed by atoms with van der Waals surface area (Å²) in [5, 5.41) is 0. The molecule has 0 atom stereocenters. The summed E-state index contributed by atoms with van der Waals surface area (Å²) in [5.74, 6) is 2.85. The van der Waals surface area contributed by atoms with Crippen molar-refractivity contribution in [2.24, 2.45) is 0 Å². The Balaban J connectivity index is 1.96. The zero-order valence-electron chi connectivity index (χ0n) is 11.0. The molecule has 0 saturated carbocycles. The van der Waals surface area contributed by atoms with Crippen LogP contribution in [0.15, 0.2) is 18.2 Å². The molecular weight excluding hydrogens is 264 g/mol. The summed E-state index contributed by atoms with van der Waals surface area (Å²) in [6.45, 7) is 3.77. The van der Waals surface area contributed by atoms with E-state index in [4.69, 9.17) is 14.2 Å². The van der Waals surface area contributed by atoms with Gasteiger partial charge < -0.3 is 14.2 Å². The molecule has 0 unspecified atom stereocenters. The predicted molar refractivity (Wildman–Crippen MR) is 75.3 cm³/mol. The van der Waals surface area contributed by atoms with E-state index >= 15 is 0 Å². The Hall–Kier alpha value is -1.36. The highest BCUT2D eigenvalue weighted by molar-refractivity contribution is 7.99. The van der Waals surface area contributed by atoms with Crippen LogP contribution in [0.1, 0.15) is 23.7 Å². The smallest absolute Gasteiger partial charge is 0.338 e. The first-order valence-electron chi connectivity index (χ1n) is 6.46. The summed E-state index contributed by atoms with van der Waals surface area (Å²) in [4.78, 5) is 11.9. The number of fused-ring (bicyclic) bond motifs is 1. The van der Waals surface area contributed by atoms with Crippen LogP contribution in [-0.4, -0.2) is 37.3 Å². The van der Waals surface area contributed by atoms with Gasteiger partial charge in [-0.25, -0.2) is 4.79 Å². The molecule has 0 spiro atoms. The normalized spacial score (nSPS) is 13.7. The van der Waals surface area contributed by atoms with Crippen molar-refractivity contribution in [2.45, 2.75) is 13.3 Å². The van der Waals surface area contributed by atoms with Gasteiger partial charge in [0.1, 0.15) is 6.61 Å². The number of rotatable bonds is 5. The fourth-order valence-electron chi connectivity index (χ4n) is 1.71. The molecule has 4 nitrogen and oxygen atoms in total. The van der Waals surface area contributed by atoms with Crippen LogP contribution in [0.25, 0.3) is 0 Å². The predicted octanol–water partition coefficient (Wildman–Crippen LogP) is 2.76. The van der Waals surface area contributed by atoms with Crippen molar-refractivity contribution in [2.75, 3.05) is 31.3 Å². The molecule has 1 aromatic rings. The second kappa shape index (κ2) is 7.28. The molecular formula is C14H18O4S. The standard InChI is InChI=1S/C14H18O4S/c1-2-19-9-8-18-14(15)11-4-5-12-13(10-11)17-7-3-6-16-12/h4-5,10H,2-3,6-9H2,1H3. The maximum atomic E-state index is 11.9. The van der Waals surface area contributed by atoms with Crippen LogP contribution >= 0.6 is 11.8 Å². The molecule has 0 saturated heterocycles. The minimum atomic E-state index is -0.313. The zero-order chi connectivity index (χ0) is 13.5. The van der Waals surface area contributed by atoms with Gasteiger partial charge in [-0.15, -0.1) is 0 Å². The zero-order valence-corrected chi connectivity index (χ0v) is 11.8. The molecule has 0 bridgehead atoms. The van der Waals surface area contributed by atoms with Crippen LogP contribution in [0, 0.1) is 0 Å². The number of carbonyl (C=O) groups excluding carboxylic acids is 1. The molecule has 0 amide bonds. The molecule has 1 aromatic carbocycles. The molecule has 0 radical (unpaired) electrons. The third-order valence-corrected chi connectivity index (χ3v) is 3.51. The van der Waals surface area contributed by atoms with E-state index in [0.29, 0.717) is 36.9 Å². The Morgan fingerprint density at radius 2 is 2.11 bits per heavy atom. The molecule has 0 aliphatic carbocycles. The van der Waals surface area contributed by atoms with Gasteiger partial charge in [-0.2, -0.15) is 11.8 Å². The average molecular weight is 282 g/mol. The summed E-state index contributed by atoms with van der Waals surface area (Å²) in [7, 11) is 0. The number of hydrogen-bond acceptors (Lipinski definition) is 5. The highest BCUT2D eigenvalue weighted by Crippen LogP contribution is 2.30. The van der Waals surface area contributed by atoms with E-state index in [1.807, 2.05) is 0 Å². The maximum Gasteiger partial charge on any atom is 0.338 e. The van der Waals surface area contributed by atoms with E-state index in [0.717, 1.165) is 17.9 Å². The Morgan fingerprint density at radius 1 is 1.32 bits per heavy atom. The monoisotopic (exact) mass is 282 g/mol. The van der Waals surface area contributed by atoms with Gasteiger partial charge in [-0.3, -0.25) is 0 Å². The van der Waals surface area contributed by atoms with E-state index in [2.05, 4.69) is 6.92 Å². The van der Waals surface area contributed by atoms with E-state index in [9.17, 15) is 4.79 Å². The summed E-state index contributed by atoms with van der Waals surface area (Å²) >= 11 is 1.75. The summed E-state index contributed by atoms with van der Waals surface area (Å²) in [6.07, 6.45) is 0.850. The van der Waals surface area contributed by atoms with E-state index in [1.54, 1.807) is 30.0 Å². The van der Waals surface area contributed by atoms with Crippen molar-refractivity contribution in [1.29, 1.82) is 0 Å². The van der Waals surface area contributed by atoms with Gasteiger partial charge in [-0.05, 0) is 24.0 Å². The Kier molecular flexibility index (Phi) is 5.39.